The number of aromatic nitrogens is 1. The molecular formula is C24H23NS. The number of aryl methyl sites for hydroxylation is 1. The molecule has 4 aromatic rings. The fourth-order valence-electron chi connectivity index (χ4n) is 3.19. The van der Waals surface area contributed by atoms with E-state index >= 15 is 0 Å². The van der Waals surface area contributed by atoms with Gasteiger partial charge in [-0.2, -0.15) is 0 Å². The maximum absolute atomic E-state index is 4.97. The second-order valence-electron chi connectivity index (χ2n) is 7.91. The van der Waals surface area contributed by atoms with Crippen molar-refractivity contribution in [1.82, 2.24) is 4.98 Å². The first-order chi connectivity index (χ1) is 12.4. The zero-order valence-corrected chi connectivity index (χ0v) is 16.5. The van der Waals surface area contributed by atoms with Crippen LogP contribution in [0.5, 0.6) is 0 Å². The van der Waals surface area contributed by atoms with Crippen LogP contribution in [0.3, 0.4) is 0 Å². The molecule has 4 rings (SSSR count). The molecular weight excluding hydrogens is 334 g/mol. The Bertz CT molecular complexity index is 1070. The fraction of sp³-hybridized carbons (Fsp3) is 0.208. The molecule has 0 unspecified atom stereocenters. The fourth-order valence-corrected chi connectivity index (χ4v) is 4.22. The van der Waals surface area contributed by atoms with Gasteiger partial charge < -0.3 is 0 Å². The topological polar surface area (TPSA) is 12.9 Å². The average Bonchev–Trinajstić information content (AvgIpc) is 3.04. The minimum Gasteiger partial charge on any atom is -0.237 e. The third-order valence-electron chi connectivity index (χ3n) is 4.68. The molecule has 2 aromatic heterocycles. The van der Waals surface area contributed by atoms with Crippen molar-refractivity contribution in [2.45, 2.75) is 33.1 Å². The van der Waals surface area contributed by atoms with Gasteiger partial charge in [0.2, 0.25) is 0 Å². The lowest BCUT2D eigenvalue weighted by atomic mass is 9.85. The smallest absolute Gasteiger partial charge is 0.124 e. The Kier molecular flexibility index (Phi) is 4.16. The van der Waals surface area contributed by atoms with Crippen LogP contribution in [0.2, 0.25) is 0 Å². The van der Waals surface area contributed by atoms with Gasteiger partial charge in [-0.15, -0.1) is 11.3 Å². The molecule has 0 aliphatic carbocycles. The van der Waals surface area contributed by atoms with Gasteiger partial charge in [0.25, 0.3) is 0 Å². The SMILES string of the molecule is Cc1cc(-c2ccc3cc(-c4ccccc4)sc3n2)cc(C(C)(C)C)c1. The van der Waals surface area contributed by atoms with E-state index in [2.05, 4.69) is 94.4 Å². The highest BCUT2D eigenvalue weighted by molar-refractivity contribution is 7.21. The van der Waals surface area contributed by atoms with E-state index in [4.69, 9.17) is 4.98 Å². The summed E-state index contributed by atoms with van der Waals surface area (Å²) < 4.78 is 0. The first-order valence-corrected chi connectivity index (χ1v) is 9.80. The zero-order valence-electron chi connectivity index (χ0n) is 15.7. The molecule has 0 spiro atoms. The van der Waals surface area contributed by atoms with Gasteiger partial charge >= 0.3 is 0 Å². The van der Waals surface area contributed by atoms with Crippen molar-refractivity contribution in [3.05, 3.63) is 77.9 Å². The molecule has 0 aliphatic heterocycles. The average molecular weight is 358 g/mol. The largest absolute Gasteiger partial charge is 0.237 e. The van der Waals surface area contributed by atoms with E-state index in [0.717, 1.165) is 10.5 Å². The van der Waals surface area contributed by atoms with Crippen LogP contribution in [0.1, 0.15) is 31.9 Å². The molecule has 0 amide bonds. The number of rotatable bonds is 2. The number of hydrogen-bond acceptors (Lipinski definition) is 2. The van der Waals surface area contributed by atoms with Crippen molar-refractivity contribution in [2.24, 2.45) is 0 Å². The summed E-state index contributed by atoms with van der Waals surface area (Å²) in [5.41, 5.74) is 6.27. The summed E-state index contributed by atoms with van der Waals surface area (Å²) in [5, 5.41) is 1.21. The monoisotopic (exact) mass is 357 g/mol. The standard InChI is InChI=1S/C24H23NS/c1-16-12-19(14-20(13-16)24(2,3)4)21-11-10-18-15-22(26-23(18)25-21)17-8-6-5-7-9-17/h5-15H,1-4H3. The third-order valence-corrected chi connectivity index (χ3v) is 5.77. The predicted octanol–water partition coefficient (Wildman–Crippen LogP) is 7.24. The molecule has 0 fully saturated rings. The van der Waals surface area contributed by atoms with E-state index in [0.29, 0.717) is 0 Å². The Hall–Kier alpha value is -2.45. The molecule has 0 atom stereocenters. The summed E-state index contributed by atoms with van der Waals surface area (Å²) in [6.45, 7) is 8.94. The number of pyridine rings is 1. The number of thiophene rings is 1. The van der Waals surface area contributed by atoms with Gasteiger partial charge in [-0.05, 0) is 53.8 Å². The van der Waals surface area contributed by atoms with E-state index in [1.165, 1.54) is 32.5 Å². The van der Waals surface area contributed by atoms with Gasteiger partial charge in [0.1, 0.15) is 4.83 Å². The van der Waals surface area contributed by atoms with Crippen molar-refractivity contribution in [3.63, 3.8) is 0 Å². The van der Waals surface area contributed by atoms with Crippen LogP contribution in [0, 0.1) is 6.92 Å². The van der Waals surface area contributed by atoms with E-state index < -0.39 is 0 Å². The summed E-state index contributed by atoms with van der Waals surface area (Å²) in [6.07, 6.45) is 0. The summed E-state index contributed by atoms with van der Waals surface area (Å²) >= 11 is 1.76. The van der Waals surface area contributed by atoms with Crippen molar-refractivity contribution < 1.29 is 0 Å². The Morgan fingerprint density at radius 3 is 2.31 bits per heavy atom. The van der Waals surface area contributed by atoms with Crippen LogP contribution in [0.4, 0.5) is 0 Å². The predicted molar refractivity (Wildman–Crippen MR) is 114 cm³/mol. The number of hydrogen-bond donors (Lipinski definition) is 0. The molecule has 0 radical (unpaired) electrons. The molecule has 0 bridgehead atoms. The Labute approximate surface area is 159 Å². The van der Waals surface area contributed by atoms with Crippen LogP contribution < -0.4 is 0 Å². The van der Waals surface area contributed by atoms with Crippen LogP contribution in [0.15, 0.2) is 66.7 Å². The Morgan fingerprint density at radius 1 is 0.808 bits per heavy atom. The number of benzene rings is 2. The normalized spacial score (nSPS) is 11.8. The van der Waals surface area contributed by atoms with Gasteiger partial charge in [-0.3, -0.25) is 0 Å². The highest BCUT2D eigenvalue weighted by Crippen LogP contribution is 2.35. The first-order valence-electron chi connectivity index (χ1n) is 8.99. The molecule has 2 heterocycles. The molecule has 2 heteroatoms. The lowest BCUT2D eigenvalue weighted by Gasteiger charge is -2.20. The lowest BCUT2D eigenvalue weighted by molar-refractivity contribution is 0.590. The van der Waals surface area contributed by atoms with Crippen LogP contribution in [-0.2, 0) is 5.41 Å². The van der Waals surface area contributed by atoms with Gasteiger partial charge in [0, 0.05) is 15.8 Å². The van der Waals surface area contributed by atoms with Gasteiger partial charge in [0.15, 0.2) is 0 Å². The van der Waals surface area contributed by atoms with Gasteiger partial charge in [-0.1, -0.05) is 62.7 Å². The van der Waals surface area contributed by atoms with E-state index in [-0.39, 0.29) is 5.41 Å². The molecule has 130 valence electrons. The molecule has 0 saturated carbocycles. The second kappa shape index (κ2) is 6.37. The first kappa shape index (κ1) is 17.0. The van der Waals surface area contributed by atoms with Crippen LogP contribution >= 0.6 is 11.3 Å². The lowest BCUT2D eigenvalue weighted by Crippen LogP contribution is -2.11. The molecule has 0 N–H and O–H groups in total. The highest BCUT2D eigenvalue weighted by Gasteiger charge is 2.16. The minimum absolute atomic E-state index is 0.133. The van der Waals surface area contributed by atoms with Crippen LogP contribution in [0.25, 0.3) is 31.9 Å². The summed E-state index contributed by atoms with van der Waals surface area (Å²) in [7, 11) is 0. The van der Waals surface area contributed by atoms with Crippen molar-refractivity contribution in [1.29, 1.82) is 0 Å². The summed E-state index contributed by atoms with van der Waals surface area (Å²) in [5.74, 6) is 0. The molecule has 2 aromatic carbocycles. The van der Waals surface area contributed by atoms with Crippen molar-refractivity contribution in [2.75, 3.05) is 0 Å². The summed E-state index contributed by atoms with van der Waals surface area (Å²) in [6, 6.07) is 23.9. The maximum atomic E-state index is 4.97. The quantitative estimate of drug-likeness (QED) is 0.368. The maximum Gasteiger partial charge on any atom is 0.124 e. The van der Waals surface area contributed by atoms with Gasteiger partial charge in [0.05, 0.1) is 5.69 Å². The van der Waals surface area contributed by atoms with E-state index in [1.807, 2.05) is 0 Å². The third kappa shape index (κ3) is 3.30. The van der Waals surface area contributed by atoms with Gasteiger partial charge in [-0.25, -0.2) is 4.98 Å². The van der Waals surface area contributed by atoms with Crippen LogP contribution in [-0.4, -0.2) is 4.98 Å². The number of fused-ring (bicyclic) bond motifs is 1. The van der Waals surface area contributed by atoms with Crippen molar-refractivity contribution >= 4 is 21.6 Å². The van der Waals surface area contributed by atoms with Crippen molar-refractivity contribution in [3.8, 4) is 21.7 Å². The molecule has 26 heavy (non-hydrogen) atoms. The molecule has 1 nitrogen and oxygen atoms in total. The van der Waals surface area contributed by atoms with E-state index in [1.54, 1.807) is 11.3 Å². The Morgan fingerprint density at radius 2 is 1.58 bits per heavy atom. The Balaban J connectivity index is 1.80. The highest BCUT2D eigenvalue weighted by atomic mass is 32.1. The second-order valence-corrected chi connectivity index (χ2v) is 8.94. The zero-order chi connectivity index (χ0) is 18.3. The molecule has 0 aliphatic rings. The summed E-state index contributed by atoms with van der Waals surface area (Å²) in [4.78, 5) is 7.34. The number of nitrogens with zero attached hydrogens (tertiary/aromatic N) is 1. The molecule has 0 saturated heterocycles. The van der Waals surface area contributed by atoms with E-state index in [9.17, 15) is 0 Å². The minimum atomic E-state index is 0.133.